The monoisotopic (exact) mass is 408 g/mol. The Bertz CT molecular complexity index is 1020. The molecule has 4 N–H and O–H groups in total. The van der Waals surface area contributed by atoms with Crippen molar-refractivity contribution in [3.63, 3.8) is 0 Å². The summed E-state index contributed by atoms with van der Waals surface area (Å²) in [5.74, 6) is 0.303. The number of pyridine rings is 1. The predicted octanol–water partition coefficient (Wildman–Crippen LogP) is 1.68. The molecular weight excluding hydrogens is 387 g/mol. The molecule has 0 aliphatic carbocycles. The lowest BCUT2D eigenvalue weighted by Crippen LogP contribution is -2.47. The summed E-state index contributed by atoms with van der Waals surface area (Å²) in [7, 11) is 0. The highest BCUT2D eigenvalue weighted by molar-refractivity contribution is 5.95. The lowest BCUT2D eigenvalue weighted by Gasteiger charge is -2.37. The first-order valence-corrected chi connectivity index (χ1v) is 9.45. The molecule has 1 fully saturated rings. The quantitative estimate of drug-likeness (QED) is 0.547. The number of nitrogens with zero attached hydrogens (tertiary/aromatic N) is 5. The van der Waals surface area contributed by atoms with Crippen LogP contribution in [0.2, 0.25) is 0 Å². The molecule has 30 heavy (non-hydrogen) atoms. The number of rotatable bonds is 5. The topological polar surface area (TPSA) is 112 Å². The number of carbonyl (C=O) groups is 1. The van der Waals surface area contributed by atoms with Crippen molar-refractivity contribution in [3.05, 3.63) is 66.5 Å². The molecule has 1 saturated heterocycles. The Morgan fingerprint density at radius 1 is 1.00 bits per heavy atom. The van der Waals surface area contributed by atoms with Gasteiger partial charge in [0.05, 0.1) is 5.69 Å². The number of aromatic nitrogens is 3. The van der Waals surface area contributed by atoms with Crippen molar-refractivity contribution in [3.8, 4) is 0 Å². The number of piperazine rings is 1. The Kier molecular flexibility index (Phi) is 5.55. The van der Waals surface area contributed by atoms with Crippen molar-refractivity contribution < 1.29 is 9.18 Å². The second-order valence-electron chi connectivity index (χ2n) is 6.70. The Morgan fingerprint density at radius 3 is 2.43 bits per heavy atom. The van der Waals surface area contributed by atoms with E-state index >= 15 is 0 Å². The summed E-state index contributed by atoms with van der Waals surface area (Å²) in [6, 6.07) is 9.94. The van der Waals surface area contributed by atoms with Crippen molar-refractivity contribution in [1.82, 2.24) is 20.4 Å². The minimum absolute atomic E-state index is 0.232. The van der Waals surface area contributed by atoms with Gasteiger partial charge in [-0.15, -0.1) is 0 Å². The highest BCUT2D eigenvalue weighted by Gasteiger charge is 2.23. The van der Waals surface area contributed by atoms with E-state index in [1.807, 2.05) is 15.9 Å². The molecule has 3 aromatic rings. The van der Waals surface area contributed by atoms with Crippen LogP contribution in [-0.2, 0) is 0 Å². The van der Waals surface area contributed by atoms with Crippen LogP contribution < -0.4 is 26.4 Å². The minimum atomic E-state index is -0.338. The number of halogens is 1. The first kappa shape index (κ1) is 19.4. The molecule has 0 saturated carbocycles. The molecular formula is C20H21FN8O. The Labute approximate surface area is 172 Å². The van der Waals surface area contributed by atoms with Crippen LogP contribution in [0.15, 0.2) is 55.1 Å². The maximum atomic E-state index is 14.0. The number of carbonyl (C=O) groups excluding carboxylic acids is 1. The molecule has 4 rings (SSSR count). The highest BCUT2D eigenvalue weighted by Crippen LogP contribution is 2.28. The van der Waals surface area contributed by atoms with Gasteiger partial charge in [-0.05, 0) is 24.3 Å². The fraction of sp³-hybridized carbons (Fsp3) is 0.200. The summed E-state index contributed by atoms with van der Waals surface area (Å²) >= 11 is 0. The van der Waals surface area contributed by atoms with Gasteiger partial charge in [-0.3, -0.25) is 20.6 Å². The smallest absolute Gasteiger partial charge is 0.269 e. The number of nitrogen functional groups attached to an aromatic ring is 1. The third-order valence-electron chi connectivity index (χ3n) is 4.87. The molecule has 0 atom stereocenters. The van der Waals surface area contributed by atoms with E-state index in [9.17, 15) is 9.18 Å². The van der Waals surface area contributed by atoms with Gasteiger partial charge in [0.15, 0.2) is 11.6 Å². The summed E-state index contributed by atoms with van der Waals surface area (Å²) in [4.78, 5) is 28.5. The zero-order valence-electron chi connectivity index (χ0n) is 16.1. The maximum absolute atomic E-state index is 14.0. The van der Waals surface area contributed by atoms with Gasteiger partial charge in [-0.1, -0.05) is 12.1 Å². The number of amides is 1. The van der Waals surface area contributed by atoms with Crippen LogP contribution in [0.5, 0.6) is 0 Å². The van der Waals surface area contributed by atoms with Gasteiger partial charge in [0.1, 0.15) is 17.8 Å². The van der Waals surface area contributed by atoms with Crippen LogP contribution in [0.4, 0.5) is 27.4 Å². The van der Waals surface area contributed by atoms with Crippen molar-refractivity contribution in [1.29, 1.82) is 0 Å². The molecule has 10 heteroatoms. The number of nitrogens with two attached hydrogens (primary N) is 1. The molecule has 2 aromatic heterocycles. The second kappa shape index (κ2) is 8.60. The Balaban J connectivity index is 1.41. The lowest BCUT2D eigenvalue weighted by molar-refractivity contribution is 0.0962. The summed E-state index contributed by atoms with van der Waals surface area (Å²) in [6.45, 7) is 2.51. The average Bonchev–Trinajstić information content (AvgIpc) is 2.79. The van der Waals surface area contributed by atoms with Crippen molar-refractivity contribution in [2.45, 2.75) is 0 Å². The van der Waals surface area contributed by atoms with Crippen LogP contribution >= 0.6 is 0 Å². The Hall–Kier alpha value is -3.95. The van der Waals surface area contributed by atoms with Crippen molar-refractivity contribution in [2.75, 3.05) is 47.1 Å². The van der Waals surface area contributed by atoms with Gasteiger partial charge < -0.3 is 15.5 Å². The fourth-order valence-corrected chi connectivity index (χ4v) is 3.30. The Morgan fingerprint density at radius 2 is 1.70 bits per heavy atom. The van der Waals surface area contributed by atoms with E-state index in [2.05, 4.69) is 25.8 Å². The van der Waals surface area contributed by atoms with Crippen LogP contribution in [-0.4, -0.2) is 47.0 Å². The molecule has 0 radical (unpaired) electrons. The normalized spacial score (nSPS) is 13.8. The van der Waals surface area contributed by atoms with Crippen LogP contribution in [0.25, 0.3) is 0 Å². The number of benzene rings is 1. The average molecular weight is 408 g/mol. The molecule has 154 valence electrons. The van der Waals surface area contributed by atoms with Gasteiger partial charge >= 0.3 is 0 Å². The third-order valence-corrected chi connectivity index (χ3v) is 4.87. The first-order valence-electron chi connectivity index (χ1n) is 9.45. The van der Waals surface area contributed by atoms with E-state index in [0.29, 0.717) is 54.8 Å². The largest absolute Gasteiger partial charge is 0.393 e. The van der Waals surface area contributed by atoms with E-state index < -0.39 is 0 Å². The van der Waals surface area contributed by atoms with Gasteiger partial charge in [0.2, 0.25) is 0 Å². The van der Waals surface area contributed by atoms with E-state index in [-0.39, 0.29) is 11.7 Å². The molecule has 9 nitrogen and oxygen atoms in total. The standard InChI is InChI=1S/C20H21FN8O/c21-15-3-1-2-4-16(15)28-9-11-29(12-10-28)19-17(22)18(24-13-25-19)26-27-20(30)14-5-7-23-8-6-14/h1-8,13H,9-12,22H2,(H,27,30)(H,24,25,26). The van der Waals surface area contributed by atoms with Gasteiger partial charge in [-0.25, -0.2) is 14.4 Å². The molecule has 3 heterocycles. The van der Waals surface area contributed by atoms with E-state index in [4.69, 9.17) is 5.73 Å². The zero-order valence-corrected chi connectivity index (χ0v) is 16.1. The molecule has 1 aliphatic rings. The van der Waals surface area contributed by atoms with Crippen molar-refractivity contribution in [2.24, 2.45) is 0 Å². The van der Waals surface area contributed by atoms with Gasteiger partial charge in [-0.2, -0.15) is 0 Å². The van der Waals surface area contributed by atoms with E-state index in [1.54, 1.807) is 24.3 Å². The number of anilines is 4. The molecule has 0 bridgehead atoms. The lowest BCUT2D eigenvalue weighted by atomic mass is 10.2. The summed E-state index contributed by atoms with van der Waals surface area (Å²) in [6.07, 6.45) is 4.45. The van der Waals surface area contributed by atoms with Crippen LogP contribution in [0, 0.1) is 5.82 Å². The summed E-state index contributed by atoms with van der Waals surface area (Å²) in [5, 5.41) is 0. The number of para-hydroxylation sites is 1. The predicted molar refractivity (Wildman–Crippen MR) is 113 cm³/mol. The number of nitrogens with one attached hydrogen (secondary N) is 2. The third kappa shape index (κ3) is 4.07. The maximum Gasteiger partial charge on any atom is 0.269 e. The minimum Gasteiger partial charge on any atom is -0.393 e. The molecule has 1 aliphatic heterocycles. The number of hydrazine groups is 1. The van der Waals surface area contributed by atoms with Gasteiger partial charge in [0, 0.05) is 44.1 Å². The zero-order chi connectivity index (χ0) is 20.9. The molecule has 1 amide bonds. The van der Waals surface area contributed by atoms with Crippen LogP contribution in [0.3, 0.4) is 0 Å². The number of hydrogen-bond acceptors (Lipinski definition) is 8. The molecule has 0 spiro atoms. The van der Waals surface area contributed by atoms with Crippen LogP contribution in [0.1, 0.15) is 10.4 Å². The van der Waals surface area contributed by atoms with E-state index in [0.717, 1.165) is 0 Å². The van der Waals surface area contributed by atoms with Crippen molar-refractivity contribution >= 4 is 28.9 Å². The van der Waals surface area contributed by atoms with Gasteiger partial charge in [0.25, 0.3) is 5.91 Å². The summed E-state index contributed by atoms with van der Waals surface area (Å²) < 4.78 is 14.0. The summed E-state index contributed by atoms with van der Waals surface area (Å²) in [5.41, 5.74) is 12.9. The fourth-order valence-electron chi connectivity index (χ4n) is 3.30. The molecule has 1 aromatic carbocycles. The highest BCUT2D eigenvalue weighted by atomic mass is 19.1. The second-order valence-corrected chi connectivity index (χ2v) is 6.70. The number of hydrogen-bond donors (Lipinski definition) is 3. The SMILES string of the molecule is Nc1c(NNC(=O)c2ccncc2)ncnc1N1CCN(c2ccccc2F)CC1. The molecule has 0 unspecified atom stereocenters. The first-order chi connectivity index (χ1) is 14.6. The van der Waals surface area contributed by atoms with E-state index in [1.165, 1.54) is 24.8 Å².